The van der Waals surface area contributed by atoms with Gasteiger partial charge in [-0.2, -0.15) is 0 Å². The van der Waals surface area contributed by atoms with Crippen LogP contribution >= 0.6 is 0 Å². The molecule has 0 aliphatic heterocycles. The smallest absolute Gasteiger partial charge is 0 e. The third-order valence-electron chi connectivity index (χ3n) is 0. The van der Waals surface area contributed by atoms with Gasteiger partial charge in [-0.3, -0.25) is 0 Å². The van der Waals surface area contributed by atoms with Gasteiger partial charge < -0.3 is 0 Å². The predicted octanol–water partition coefficient (Wildman–Crippen LogP) is -1.30. The van der Waals surface area contributed by atoms with Crippen molar-refractivity contribution in [3.8, 4) is 0 Å². The number of hydrogen-bond donors (Lipinski definition) is 0. The van der Waals surface area contributed by atoms with E-state index in [2.05, 4.69) is 0 Å². The van der Waals surface area contributed by atoms with Crippen LogP contribution in [0.3, 0.4) is 0 Å². The number of rotatable bonds is 0. The van der Waals surface area contributed by atoms with Crippen molar-refractivity contribution in [2.75, 3.05) is 0 Å². The van der Waals surface area contributed by atoms with Crippen LogP contribution in [0.25, 0.3) is 0 Å². The molecule has 0 amide bonds. The van der Waals surface area contributed by atoms with Gasteiger partial charge in [-0.25, -0.2) is 0 Å². The summed E-state index contributed by atoms with van der Waals surface area (Å²) >= 11 is 0. The Labute approximate surface area is 101 Å². The molecule has 0 atom stereocenters. The fraction of sp³-hybridized carbons (Fsp3) is 0. The summed E-state index contributed by atoms with van der Waals surface area (Å²) in [7, 11) is 0. The van der Waals surface area contributed by atoms with Gasteiger partial charge in [-0.05, 0) is 0 Å². The zero-order valence-corrected chi connectivity index (χ0v) is 12.3. The molecule has 0 nitrogen and oxygen atoms in total. The van der Waals surface area contributed by atoms with Gasteiger partial charge >= 0.3 is 19.8 Å². The van der Waals surface area contributed by atoms with E-state index < -0.39 is 0 Å². The van der Waals surface area contributed by atoms with Crippen molar-refractivity contribution in [2.24, 2.45) is 0 Å². The van der Waals surface area contributed by atoms with Crippen LogP contribution < -0.4 is 0 Å². The first-order chi connectivity index (χ1) is 0. The first kappa shape index (κ1) is 42.7. The normalized spacial score (nSPS) is 0. The van der Waals surface area contributed by atoms with E-state index in [-0.39, 0.29) is 103 Å². The minimum Gasteiger partial charge on any atom is 0 e. The summed E-state index contributed by atoms with van der Waals surface area (Å²) in [4.78, 5) is 0. The van der Waals surface area contributed by atoms with Crippen molar-refractivity contribution >= 4 is 28.2 Å². The Morgan fingerprint density at radius 2 is 1.00 bits per heavy atom. The average Bonchev–Trinajstić information content (AvgIpc) is 0. The van der Waals surface area contributed by atoms with Gasteiger partial charge in [0.2, 0.25) is 0 Å². The van der Waals surface area contributed by atoms with E-state index in [1.54, 1.807) is 0 Å². The zero-order chi connectivity index (χ0) is 0. The van der Waals surface area contributed by atoms with Crippen LogP contribution in [0, 0.1) is 40.8 Å². The fourth-order valence-corrected chi connectivity index (χ4v) is 0. The first-order valence-corrected chi connectivity index (χ1v) is 0. The SMILES string of the molecule is [B].[Co].[Fe].[GaH2].[Nd]. The van der Waals surface area contributed by atoms with Crippen molar-refractivity contribution in [2.45, 2.75) is 0 Å². The molecule has 0 bridgehead atoms. The zero-order valence-electron chi connectivity index (χ0n) is 2.76. The van der Waals surface area contributed by atoms with Crippen molar-refractivity contribution in [1.29, 1.82) is 0 Å². The van der Waals surface area contributed by atoms with Gasteiger partial charge in [-0.1, -0.05) is 0 Å². The molecule has 0 rings (SSSR count). The minimum atomic E-state index is 0. The molecule has 5 heavy (non-hydrogen) atoms. The molecule has 0 aromatic rings. The maximum absolute atomic E-state index is 0. The standard InChI is InChI=1S/B.Co.Fe.Ga.Nd.2H. The molecule has 0 fully saturated rings. The quantitative estimate of drug-likeness (QED) is 0.481. The molecule has 0 aliphatic rings. The Morgan fingerprint density at radius 1 is 1.00 bits per heavy atom. The average molecular weight is 342 g/mol. The Bertz CT molecular complexity index is 11.6. The van der Waals surface area contributed by atoms with Gasteiger partial charge in [0.05, 0.1) is 0 Å². The van der Waals surface area contributed by atoms with E-state index in [1.165, 1.54) is 0 Å². The summed E-state index contributed by atoms with van der Waals surface area (Å²) in [5, 5.41) is 0. The monoisotopic (exact) mass is 339 g/mol. The van der Waals surface area contributed by atoms with Crippen LogP contribution in [-0.2, 0) is 33.8 Å². The van der Waals surface area contributed by atoms with Crippen molar-refractivity contribution in [3.05, 3.63) is 0 Å². The Balaban J connectivity index is 0. The molecule has 0 saturated carbocycles. The van der Waals surface area contributed by atoms with E-state index in [0.29, 0.717) is 0 Å². The van der Waals surface area contributed by atoms with Crippen molar-refractivity contribution < 1.29 is 74.7 Å². The maximum Gasteiger partial charge on any atom is 0 e. The summed E-state index contributed by atoms with van der Waals surface area (Å²) in [5.41, 5.74) is 0. The summed E-state index contributed by atoms with van der Waals surface area (Å²) in [6.07, 6.45) is 0. The Morgan fingerprint density at radius 3 is 1.00 bits per heavy atom. The summed E-state index contributed by atoms with van der Waals surface area (Å²) in [6, 6.07) is 0. The van der Waals surface area contributed by atoms with Crippen molar-refractivity contribution in [1.82, 2.24) is 0 Å². The Hall–Kier alpha value is 3.08. The van der Waals surface area contributed by atoms with Crippen LogP contribution in [0.2, 0.25) is 0 Å². The van der Waals surface area contributed by atoms with Gasteiger partial charge in [0.25, 0.3) is 0 Å². The maximum atomic E-state index is 0. The summed E-state index contributed by atoms with van der Waals surface area (Å²) < 4.78 is 0. The third-order valence-corrected chi connectivity index (χ3v) is 0. The van der Waals surface area contributed by atoms with E-state index >= 15 is 0 Å². The second-order valence-corrected chi connectivity index (χ2v) is 0. The Kier molecular flexibility index (Phi) is 236. The largest absolute Gasteiger partial charge is 0 e. The molecule has 5 heteroatoms. The summed E-state index contributed by atoms with van der Waals surface area (Å²) in [5.74, 6) is 0. The van der Waals surface area contributed by atoms with Gasteiger partial charge in [0.15, 0.2) is 0 Å². The molecule has 0 unspecified atom stereocenters. The first-order valence-electron chi connectivity index (χ1n) is 0. The topological polar surface area (TPSA) is 0 Å². The van der Waals surface area contributed by atoms with E-state index in [4.69, 9.17) is 0 Å². The van der Waals surface area contributed by atoms with Crippen LogP contribution in [0.4, 0.5) is 0 Å². The van der Waals surface area contributed by atoms with Gasteiger partial charge in [-0.15, -0.1) is 0 Å². The van der Waals surface area contributed by atoms with Gasteiger partial charge in [0.1, 0.15) is 0 Å². The van der Waals surface area contributed by atoms with E-state index in [1.807, 2.05) is 0 Å². The molecule has 0 N–H and O–H groups in total. The molecule has 5 radical (unpaired) electrons. The summed E-state index contributed by atoms with van der Waals surface area (Å²) in [6.45, 7) is 0. The van der Waals surface area contributed by atoms with E-state index in [0.717, 1.165) is 0 Å². The fourth-order valence-electron chi connectivity index (χ4n) is 0. The second kappa shape index (κ2) is 27.6. The molecule has 0 saturated heterocycles. The second-order valence-electron chi connectivity index (χ2n) is 0. The molecule has 0 aliphatic carbocycles. The molecular formula is H2BCoFeGaNd. The third kappa shape index (κ3) is 19.3. The van der Waals surface area contributed by atoms with Crippen LogP contribution in [0.5, 0.6) is 0 Å². The molecular weight excluding hydrogens is 340 g/mol. The van der Waals surface area contributed by atoms with Crippen LogP contribution in [0.15, 0.2) is 0 Å². The van der Waals surface area contributed by atoms with Crippen LogP contribution in [-0.4, -0.2) is 28.2 Å². The predicted molar refractivity (Wildman–Crippen MR) is 14.3 cm³/mol. The molecule has 29 valence electrons. The molecule has 0 spiro atoms. The number of hydrogen-bond acceptors (Lipinski definition) is 0. The van der Waals surface area contributed by atoms with Crippen LogP contribution in [0.1, 0.15) is 0 Å². The molecule has 0 heterocycles. The van der Waals surface area contributed by atoms with Crippen molar-refractivity contribution in [3.63, 3.8) is 0 Å². The minimum absolute atomic E-state index is 0. The van der Waals surface area contributed by atoms with E-state index in [9.17, 15) is 0 Å². The molecule has 0 aromatic carbocycles. The van der Waals surface area contributed by atoms with Gasteiger partial charge in [0, 0.05) is 83.1 Å². The molecule has 0 aromatic heterocycles.